The van der Waals surface area contributed by atoms with Crippen LogP contribution in [0.2, 0.25) is 0 Å². The number of allylic oxidation sites excluding steroid dienone is 1. The standard InChI is InChI=1S/C28H30N4O4S/c1-17-22(27(33)34)23(20-13-7-8-14-21(20)32(35)36)24-25(30-31(3)26(24)29-17)28(15-9-10-16-28)18(2)37-19-11-5-4-6-12-19/h4-8,11-14,18,23,29H,9-10,15-16H2,1-3H3,(H,33,34). The lowest BCUT2D eigenvalue weighted by atomic mass is 9.72. The molecule has 2 N–H and O–H groups in total. The van der Waals surface area contributed by atoms with Gasteiger partial charge in [-0.25, -0.2) is 4.79 Å². The van der Waals surface area contributed by atoms with E-state index in [0.29, 0.717) is 17.1 Å². The molecule has 1 saturated carbocycles. The third kappa shape index (κ3) is 4.21. The number of carboxylic acids is 1. The van der Waals surface area contributed by atoms with Gasteiger partial charge in [-0.2, -0.15) is 5.10 Å². The molecule has 0 saturated heterocycles. The highest BCUT2D eigenvalue weighted by atomic mass is 32.2. The van der Waals surface area contributed by atoms with Crippen molar-refractivity contribution in [3.63, 3.8) is 0 Å². The molecule has 0 bridgehead atoms. The minimum atomic E-state index is -1.10. The number of hydrogen-bond donors (Lipinski definition) is 2. The number of nitro groups is 1. The highest BCUT2D eigenvalue weighted by Gasteiger charge is 2.49. The van der Waals surface area contributed by atoms with Crippen molar-refractivity contribution < 1.29 is 14.8 Å². The molecule has 1 fully saturated rings. The molecular weight excluding hydrogens is 488 g/mol. The lowest BCUT2D eigenvalue weighted by molar-refractivity contribution is -0.385. The van der Waals surface area contributed by atoms with Crippen LogP contribution in [-0.4, -0.2) is 31.0 Å². The van der Waals surface area contributed by atoms with Gasteiger partial charge in [0.25, 0.3) is 5.69 Å². The number of nitrogens with one attached hydrogen (secondary N) is 1. The number of aromatic nitrogens is 2. The fourth-order valence-electron chi connectivity index (χ4n) is 6.09. The van der Waals surface area contributed by atoms with Crippen molar-refractivity contribution in [2.75, 3.05) is 5.32 Å². The minimum absolute atomic E-state index is 0.0890. The van der Waals surface area contributed by atoms with E-state index in [1.807, 2.05) is 25.2 Å². The van der Waals surface area contributed by atoms with Crippen LogP contribution in [0.4, 0.5) is 11.5 Å². The predicted molar refractivity (Wildman–Crippen MR) is 144 cm³/mol. The lowest BCUT2D eigenvalue weighted by Gasteiger charge is -2.37. The van der Waals surface area contributed by atoms with E-state index < -0.39 is 16.8 Å². The van der Waals surface area contributed by atoms with Gasteiger partial charge in [-0.15, -0.1) is 11.8 Å². The summed E-state index contributed by atoms with van der Waals surface area (Å²) >= 11 is 1.80. The quantitative estimate of drug-likeness (QED) is 0.216. The summed E-state index contributed by atoms with van der Waals surface area (Å²) in [7, 11) is 1.85. The van der Waals surface area contributed by atoms with Crippen molar-refractivity contribution in [1.82, 2.24) is 9.78 Å². The number of nitrogens with zero attached hydrogens (tertiary/aromatic N) is 3. The number of fused-ring (bicyclic) bond motifs is 1. The Labute approximate surface area is 219 Å². The summed E-state index contributed by atoms with van der Waals surface area (Å²) in [5, 5.41) is 30.9. The number of para-hydroxylation sites is 1. The van der Waals surface area contributed by atoms with Crippen molar-refractivity contribution in [1.29, 1.82) is 0 Å². The summed E-state index contributed by atoms with van der Waals surface area (Å²) in [6.45, 7) is 3.93. The average Bonchev–Trinajstić information content (AvgIpc) is 3.50. The molecule has 5 rings (SSSR count). The normalized spacial score (nSPS) is 19.3. The van der Waals surface area contributed by atoms with Gasteiger partial charge < -0.3 is 10.4 Å². The van der Waals surface area contributed by atoms with E-state index in [9.17, 15) is 20.0 Å². The average molecular weight is 519 g/mol. The number of thioether (sulfide) groups is 1. The van der Waals surface area contributed by atoms with Crippen molar-refractivity contribution in [3.8, 4) is 0 Å². The van der Waals surface area contributed by atoms with Gasteiger partial charge in [-0.1, -0.05) is 56.2 Å². The first-order valence-electron chi connectivity index (χ1n) is 12.5. The summed E-state index contributed by atoms with van der Waals surface area (Å²) in [5.41, 5.74) is 2.15. The van der Waals surface area contributed by atoms with Gasteiger partial charge in [0.1, 0.15) is 5.82 Å². The van der Waals surface area contributed by atoms with Gasteiger partial charge in [0.15, 0.2) is 0 Å². The van der Waals surface area contributed by atoms with Gasteiger partial charge >= 0.3 is 5.97 Å². The third-order valence-electron chi connectivity index (χ3n) is 7.85. The Morgan fingerprint density at radius 1 is 1.19 bits per heavy atom. The van der Waals surface area contributed by atoms with Crippen LogP contribution in [0.1, 0.15) is 62.3 Å². The van der Waals surface area contributed by atoms with Crippen molar-refractivity contribution >= 4 is 29.2 Å². The molecule has 2 aromatic carbocycles. The Balaban J connectivity index is 1.74. The predicted octanol–water partition coefficient (Wildman–Crippen LogP) is 6.24. The van der Waals surface area contributed by atoms with E-state index in [-0.39, 0.29) is 21.9 Å². The van der Waals surface area contributed by atoms with E-state index in [4.69, 9.17) is 5.10 Å². The highest BCUT2D eigenvalue weighted by Crippen LogP contribution is 2.55. The summed E-state index contributed by atoms with van der Waals surface area (Å²) in [6.07, 6.45) is 3.95. The van der Waals surface area contributed by atoms with E-state index in [0.717, 1.165) is 36.9 Å². The molecule has 2 unspecified atom stereocenters. The lowest BCUT2D eigenvalue weighted by Crippen LogP contribution is -2.36. The maximum absolute atomic E-state index is 12.6. The molecule has 8 nitrogen and oxygen atoms in total. The van der Waals surface area contributed by atoms with Crippen molar-refractivity contribution in [2.45, 2.75) is 61.0 Å². The number of carboxylic acid groups (broad SMARTS) is 1. The number of nitro benzene ring substituents is 1. The molecule has 1 aliphatic carbocycles. The molecule has 37 heavy (non-hydrogen) atoms. The highest BCUT2D eigenvalue weighted by molar-refractivity contribution is 8.00. The van der Waals surface area contributed by atoms with E-state index in [1.165, 1.54) is 11.0 Å². The maximum atomic E-state index is 12.6. The number of aryl methyl sites for hydroxylation is 1. The van der Waals surface area contributed by atoms with Crippen LogP contribution in [0.3, 0.4) is 0 Å². The van der Waals surface area contributed by atoms with Gasteiger partial charge in [0.2, 0.25) is 0 Å². The zero-order chi connectivity index (χ0) is 26.3. The molecule has 0 radical (unpaired) electrons. The molecule has 192 valence electrons. The number of carbonyl (C=O) groups is 1. The first-order chi connectivity index (χ1) is 17.7. The molecule has 2 aliphatic rings. The van der Waals surface area contributed by atoms with Gasteiger partial charge in [0, 0.05) is 45.5 Å². The van der Waals surface area contributed by atoms with Gasteiger partial charge in [-0.3, -0.25) is 14.8 Å². The molecule has 0 amide bonds. The Morgan fingerprint density at radius 3 is 2.49 bits per heavy atom. The number of benzene rings is 2. The second kappa shape index (κ2) is 9.70. The number of aliphatic carboxylic acids is 1. The summed E-state index contributed by atoms with van der Waals surface area (Å²) < 4.78 is 1.77. The number of anilines is 1. The molecule has 1 aliphatic heterocycles. The van der Waals surface area contributed by atoms with E-state index in [2.05, 4.69) is 24.4 Å². The molecule has 9 heteroatoms. The molecule has 1 aromatic heterocycles. The number of rotatable bonds is 7. The molecule has 0 spiro atoms. The van der Waals surface area contributed by atoms with Gasteiger partial charge in [0.05, 0.1) is 22.1 Å². The molecular formula is C28H30N4O4S. The maximum Gasteiger partial charge on any atom is 0.334 e. The van der Waals surface area contributed by atoms with Crippen molar-refractivity contribution in [3.05, 3.63) is 92.8 Å². The van der Waals surface area contributed by atoms with Crippen LogP contribution in [0.15, 0.2) is 70.8 Å². The summed E-state index contributed by atoms with van der Waals surface area (Å²) in [6, 6.07) is 16.7. The fraction of sp³-hybridized carbons (Fsp3) is 0.357. The Hall–Kier alpha value is -3.59. The fourth-order valence-corrected chi connectivity index (χ4v) is 7.38. The summed E-state index contributed by atoms with van der Waals surface area (Å²) in [4.78, 5) is 25.4. The van der Waals surface area contributed by atoms with E-state index >= 15 is 0 Å². The summed E-state index contributed by atoms with van der Waals surface area (Å²) in [5.74, 6) is -1.21. The molecule has 2 atom stereocenters. The minimum Gasteiger partial charge on any atom is -0.478 e. The zero-order valence-corrected chi connectivity index (χ0v) is 21.9. The zero-order valence-electron chi connectivity index (χ0n) is 21.1. The third-order valence-corrected chi connectivity index (χ3v) is 9.20. The number of hydrogen-bond acceptors (Lipinski definition) is 6. The Bertz CT molecular complexity index is 1390. The van der Waals surface area contributed by atoms with E-state index in [1.54, 1.807) is 41.6 Å². The van der Waals surface area contributed by atoms with Gasteiger partial charge in [-0.05, 0) is 31.9 Å². The largest absolute Gasteiger partial charge is 0.478 e. The van der Waals surface area contributed by atoms with Crippen LogP contribution in [0.25, 0.3) is 0 Å². The second-order valence-electron chi connectivity index (χ2n) is 9.89. The smallest absolute Gasteiger partial charge is 0.334 e. The van der Waals surface area contributed by atoms with Crippen LogP contribution < -0.4 is 5.32 Å². The monoisotopic (exact) mass is 518 g/mol. The topological polar surface area (TPSA) is 110 Å². The van der Waals surface area contributed by atoms with Crippen LogP contribution in [0.5, 0.6) is 0 Å². The van der Waals surface area contributed by atoms with Crippen LogP contribution >= 0.6 is 11.8 Å². The Morgan fingerprint density at radius 2 is 1.84 bits per heavy atom. The SMILES string of the molecule is CC1=C(C(=O)O)C(c2ccccc2[N+](=O)[O-])c2c(C3(C(C)Sc4ccccc4)CCCC3)nn(C)c2N1. The Kier molecular flexibility index (Phi) is 6.58. The van der Waals surface area contributed by atoms with Crippen LogP contribution in [-0.2, 0) is 17.3 Å². The first-order valence-corrected chi connectivity index (χ1v) is 13.4. The van der Waals surface area contributed by atoms with Crippen molar-refractivity contribution in [2.24, 2.45) is 7.05 Å². The molecule has 3 aromatic rings. The second-order valence-corrected chi connectivity index (χ2v) is 11.3. The van der Waals surface area contributed by atoms with Crippen LogP contribution in [0, 0.1) is 10.1 Å². The first kappa shape index (κ1) is 25.1. The molecule has 2 heterocycles.